The molecule has 184 valence electrons. The number of aliphatic hydroxyl groups excluding tert-OH is 1. The fourth-order valence-electron chi connectivity index (χ4n) is 5.82. The summed E-state index contributed by atoms with van der Waals surface area (Å²) in [6, 6.07) is 6.06. The fraction of sp³-hybridized carbons (Fsp3) is 0.640. The summed E-state index contributed by atoms with van der Waals surface area (Å²) in [7, 11) is 2.12. The Morgan fingerprint density at radius 3 is 2.44 bits per heavy atom. The molecule has 1 aromatic rings. The minimum absolute atomic E-state index is 0.0229. The molecule has 4 atom stereocenters. The maximum absolute atomic E-state index is 13.6. The summed E-state index contributed by atoms with van der Waals surface area (Å²) < 4.78 is 5.42. The first-order chi connectivity index (χ1) is 16.4. The predicted octanol–water partition coefficient (Wildman–Crippen LogP) is 0.267. The number of amides is 2. The average molecular weight is 471 g/mol. The molecule has 1 saturated carbocycles. The Morgan fingerprint density at radius 1 is 1.09 bits per heavy atom. The molecule has 2 N–H and O–H groups in total. The number of anilines is 1. The van der Waals surface area contributed by atoms with Crippen LogP contribution in [-0.4, -0.2) is 103 Å². The summed E-state index contributed by atoms with van der Waals surface area (Å²) >= 11 is 0. The van der Waals surface area contributed by atoms with Crippen molar-refractivity contribution in [2.75, 3.05) is 51.3 Å². The number of β-amino-alcohol motifs (C(OH)–C–C–N with tert-alkyl or cyclic N) is 1. The van der Waals surface area contributed by atoms with Gasteiger partial charge in [-0.25, -0.2) is 0 Å². The van der Waals surface area contributed by atoms with Crippen molar-refractivity contribution < 1.29 is 24.2 Å². The van der Waals surface area contributed by atoms with E-state index in [9.17, 15) is 19.5 Å². The van der Waals surface area contributed by atoms with Crippen LogP contribution >= 0.6 is 0 Å². The molecule has 9 nitrogen and oxygen atoms in total. The van der Waals surface area contributed by atoms with Gasteiger partial charge in [0, 0.05) is 37.4 Å². The van der Waals surface area contributed by atoms with Gasteiger partial charge in [-0.05, 0) is 50.1 Å². The molecular formula is C25H34N4O5. The molecule has 3 saturated heterocycles. The molecule has 0 bridgehead atoms. The number of aliphatic hydroxyl groups is 1. The molecule has 34 heavy (non-hydrogen) atoms. The van der Waals surface area contributed by atoms with Crippen LogP contribution in [0.3, 0.4) is 0 Å². The topological polar surface area (TPSA) is 102 Å². The monoisotopic (exact) mass is 470 g/mol. The van der Waals surface area contributed by atoms with Gasteiger partial charge in [-0.3, -0.25) is 14.4 Å². The number of rotatable bonds is 5. The molecule has 0 radical (unpaired) electrons. The number of ether oxygens (including phenoxy) is 1. The van der Waals surface area contributed by atoms with E-state index in [-0.39, 0.29) is 36.7 Å². The van der Waals surface area contributed by atoms with Crippen LogP contribution in [0.1, 0.15) is 36.0 Å². The highest BCUT2D eigenvalue weighted by atomic mass is 16.5. The number of hydrogen-bond acceptors (Lipinski definition) is 7. The van der Waals surface area contributed by atoms with E-state index >= 15 is 0 Å². The Balaban J connectivity index is 1.30. The fourth-order valence-corrected chi connectivity index (χ4v) is 5.82. The van der Waals surface area contributed by atoms with E-state index in [2.05, 4.69) is 22.2 Å². The predicted molar refractivity (Wildman–Crippen MR) is 126 cm³/mol. The van der Waals surface area contributed by atoms with Gasteiger partial charge in [0.05, 0.1) is 6.54 Å². The van der Waals surface area contributed by atoms with Crippen molar-refractivity contribution in [3.8, 4) is 0 Å². The molecule has 0 aromatic heterocycles. The number of carbonyl (C=O) groups is 3. The van der Waals surface area contributed by atoms with Crippen LogP contribution in [-0.2, 0) is 14.3 Å². The summed E-state index contributed by atoms with van der Waals surface area (Å²) in [6.07, 6.45) is 2.18. The Morgan fingerprint density at radius 2 is 1.76 bits per heavy atom. The van der Waals surface area contributed by atoms with Crippen molar-refractivity contribution in [1.82, 2.24) is 15.1 Å². The van der Waals surface area contributed by atoms with Gasteiger partial charge in [0.2, 0.25) is 5.91 Å². The normalized spacial score (nSPS) is 28.9. The van der Waals surface area contributed by atoms with Gasteiger partial charge in [0.15, 0.2) is 5.78 Å². The van der Waals surface area contributed by atoms with Gasteiger partial charge in [-0.2, -0.15) is 0 Å². The molecule has 3 aliphatic heterocycles. The Hall–Kier alpha value is -2.49. The number of likely N-dealkylation sites (tertiary alicyclic amines) is 1. The highest BCUT2D eigenvalue weighted by molar-refractivity contribution is 5.99. The number of piperazine rings is 1. The number of Topliss-reactive ketones (excluding diaryl/α,β-unsaturated/α-hetero) is 1. The van der Waals surface area contributed by atoms with Crippen molar-refractivity contribution in [2.45, 2.75) is 50.0 Å². The third-order valence-corrected chi connectivity index (χ3v) is 7.86. The lowest BCUT2D eigenvalue weighted by atomic mass is 9.95. The number of benzene rings is 1. The molecule has 0 unspecified atom stereocenters. The first-order valence-corrected chi connectivity index (χ1v) is 12.4. The van der Waals surface area contributed by atoms with Crippen molar-refractivity contribution in [3.05, 3.63) is 29.8 Å². The van der Waals surface area contributed by atoms with Crippen LogP contribution in [0.2, 0.25) is 0 Å². The van der Waals surface area contributed by atoms with Crippen LogP contribution in [0.25, 0.3) is 0 Å². The Labute approximate surface area is 200 Å². The molecule has 9 heteroatoms. The molecule has 4 aliphatic rings. The van der Waals surface area contributed by atoms with Crippen molar-refractivity contribution in [3.63, 3.8) is 0 Å². The lowest BCUT2D eigenvalue weighted by molar-refractivity contribution is -0.139. The van der Waals surface area contributed by atoms with Crippen molar-refractivity contribution in [1.29, 1.82) is 0 Å². The highest BCUT2D eigenvalue weighted by Crippen LogP contribution is 2.33. The number of nitrogens with zero attached hydrogens (tertiary/aromatic N) is 3. The smallest absolute Gasteiger partial charge is 0.251 e. The summed E-state index contributed by atoms with van der Waals surface area (Å²) in [4.78, 5) is 45.2. The second-order valence-corrected chi connectivity index (χ2v) is 10.1. The zero-order chi connectivity index (χ0) is 23.8. The highest BCUT2D eigenvalue weighted by Gasteiger charge is 2.53. The quantitative estimate of drug-likeness (QED) is 0.637. The molecule has 3 heterocycles. The number of ketones is 1. The largest absolute Gasteiger partial charge is 0.388 e. The molecule has 1 aliphatic carbocycles. The van der Waals surface area contributed by atoms with Crippen LogP contribution in [0.5, 0.6) is 0 Å². The molecule has 5 rings (SSSR count). The van der Waals surface area contributed by atoms with Crippen LogP contribution < -0.4 is 10.2 Å². The van der Waals surface area contributed by atoms with Gasteiger partial charge in [0.1, 0.15) is 30.9 Å². The van der Waals surface area contributed by atoms with E-state index in [1.54, 1.807) is 0 Å². The molecule has 4 fully saturated rings. The number of hydrogen-bond donors (Lipinski definition) is 2. The standard InChI is InChI=1S/C25H34N4O5/c1-27-10-12-28(13-11-27)18-8-6-17(7-9-18)24(32)26-21(16-4-2-3-5-16)25(33)29-14-19(30)23-22(29)20(31)15-34-23/h6-9,16,19,21-23,30H,2-5,10-15H2,1H3,(H,26,32)/t19-,21-,22+,23+/m0/s1. The Kier molecular flexibility index (Phi) is 6.59. The molecule has 2 amide bonds. The Bertz CT molecular complexity index is 924. The van der Waals surface area contributed by atoms with Crippen LogP contribution in [0.4, 0.5) is 5.69 Å². The number of likely N-dealkylation sites (N-methyl/N-ethyl adjacent to an activating group) is 1. The second kappa shape index (κ2) is 9.64. The molecule has 0 spiro atoms. The SMILES string of the molecule is CN1CCN(c2ccc(C(=O)N[C@H](C(=O)N3C[C@H](O)[C@H]4OCC(=O)[C@H]43)C3CCCC3)cc2)CC1. The summed E-state index contributed by atoms with van der Waals surface area (Å²) in [5, 5.41) is 13.3. The van der Waals surface area contributed by atoms with E-state index in [4.69, 9.17) is 4.74 Å². The number of nitrogens with one attached hydrogen (secondary N) is 1. The molecular weight excluding hydrogens is 436 g/mol. The van der Waals surface area contributed by atoms with E-state index in [0.29, 0.717) is 5.56 Å². The first kappa shape index (κ1) is 23.3. The number of carbonyl (C=O) groups excluding carboxylic acids is 3. The van der Waals surface area contributed by atoms with Gasteiger partial charge in [-0.1, -0.05) is 12.8 Å². The van der Waals surface area contributed by atoms with Crippen molar-refractivity contribution >= 4 is 23.3 Å². The zero-order valence-corrected chi connectivity index (χ0v) is 19.7. The third-order valence-electron chi connectivity index (χ3n) is 7.86. The van der Waals surface area contributed by atoms with Gasteiger partial charge < -0.3 is 29.9 Å². The second-order valence-electron chi connectivity index (χ2n) is 10.1. The van der Waals surface area contributed by atoms with E-state index < -0.39 is 24.3 Å². The van der Waals surface area contributed by atoms with Crippen molar-refractivity contribution in [2.24, 2.45) is 5.92 Å². The third kappa shape index (κ3) is 4.44. The number of fused-ring (bicyclic) bond motifs is 1. The summed E-state index contributed by atoms with van der Waals surface area (Å²) in [5.74, 6) is -0.749. The lowest BCUT2D eigenvalue weighted by Gasteiger charge is -2.34. The van der Waals surface area contributed by atoms with Crippen LogP contribution in [0, 0.1) is 5.92 Å². The zero-order valence-electron chi connectivity index (χ0n) is 19.7. The van der Waals surface area contributed by atoms with E-state index in [1.165, 1.54) is 4.90 Å². The van der Waals surface area contributed by atoms with Crippen LogP contribution in [0.15, 0.2) is 24.3 Å². The maximum Gasteiger partial charge on any atom is 0.251 e. The van der Waals surface area contributed by atoms with E-state index in [0.717, 1.165) is 57.5 Å². The van der Waals surface area contributed by atoms with Gasteiger partial charge in [0.25, 0.3) is 5.91 Å². The maximum atomic E-state index is 13.6. The average Bonchev–Trinajstić information content (AvgIpc) is 3.58. The summed E-state index contributed by atoms with van der Waals surface area (Å²) in [5.41, 5.74) is 1.60. The minimum Gasteiger partial charge on any atom is -0.388 e. The van der Waals surface area contributed by atoms with Gasteiger partial charge in [-0.15, -0.1) is 0 Å². The lowest BCUT2D eigenvalue weighted by Crippen LogP contribution is -2.54. The molecule has 1 aromatic carbocycles. The van der Waals surface area contributed by atoms with E-state index in [1.807, 2.05) is 24.3 Å². The first-order valence-electron chi connectivity index (χ1n) is 12.4. The summed E-state index contributed by atoms with van der Waals surface area (Å²) in [6.45, 7) is 3.89. The van der Waals surface area contributed by atoms with Gasteiger partial charge >= 0.3 is 0 Å². The minimum atomic E-state index is -0.887.